The van der Waals surface area contributed by atoms with Crippen LogP contribution in [0.25, 0.3) is 6.08 Å². The minimum Gasteiger partial charge on any atom is -0.444 e. The fraction of sp³-hybridized carbons (Fsp3) is 0.400. The number of amides is 1. The SMILES string of the molecule is CC(C)(C)OC(=O)NCC=Cc1ccc(C(F)(F)F)c(F)c1. The Labute approximate surface area is 126 Å². The van der Waals surface area contributed by atoms with E-state index >= 15 is 0 Å². The molecule has 122 valence electrons. The standard InChI is InChI=1S/C15H17F4NO2/c1-14(2,3)22-13(21)20-8-4-5-10-6-7-11(12(16)9-10)15(17,18)19/h4-7,9H,8H2,1-3H3,(H,20,21). The van der Waals surface area contributed by atoms with Crippen LogP contribution >= 0.6 is 0 Å². The van der Waals surface area contributed by atoms with Crippen LogP contribution in [0.2, 0.25) is 0 Å². The van der Waals surface area contributed by atoms with Crippen LogP contribution in [0.1, 0.15) is 31.9 Å². The van der Waals surface area contributed by atoms with Crippen molar-refractivity contribution in [3.8, 4) is 0 Å². The molecule has 1 aromatic rings. The van der Waals surface area contributed by atoms with Gasteiger partial charge in [-0.1, -0.05) is 18.2 Å². The molecule has 0 saturated carbocycles. The first-order valence-electron chi connectivity index (χ1n) is 6.49. The first-order chi connectivity index (χ1) is 9.99. The average molecular weight is 319 g/mol. The maximum Gasteiger partial charge on any atom is 0.419 e. The van der Waals surface area contributed by atoms with Crippen LogP contribution in [0, 0.1) is 5.82 Å². The molecule has 0 aromatic heterocycles. The third-order valence-electron chi connectivity index (χ3n) is 2.37. The summed E-state index contributed by atoms with van der Waals surface area (Å²) >= 11 is 0. The van der Waals surface area contributed by atoms with Gasteiger partial charge >= 0.3 is 12.3 Å². The van der Waals surface area contributed by atoms with E-state index < -0.39 is 29.3 Å². The van der Waals surface area contributed by atoms with Crippen LogP contribution < -0.4 is 5.32 Å². The number of rotatable bonds is 3. The fourth-order valence-corrected chi connectivity index (χ4v) is 1.52. The summed E-state index contributed by atoms with van der Waals surface area (Å²) in [6.45, 7) is 5.26. The van der Waals surface area contributed by atoms with Crippen LogP contribution in [0.3, 0.4) is 0 Å². The van der Waals surface area contributed by atoms with Gasteiger partial charge in [0.15, 0.2) is 0 Å². The van der Waals surface area contributed by atoms with E-state index in [2.05, 4.69) is 5.32 Å². The Bertz CT molecular complexity index is 560. The molecule has 1 rings (SSSR count). The summed E-state index contributed by atoms with van der Waals surface area (Å²) in [4.78, 5) is 11.3. The van der Waals surface area contributed by atoms with Crippen molar-refractivity contribution < 1.29 is 27.1 Å². The Hall–Kier alpha value is -2.05. The van der Waals surface area contributed by atoms with Crippen molar-refractivity contribution in [2.45, 2.75) is 32.5 Å². The Balaban J connectivity index is 2.58. The first-order valence-corrected chi connectivity index (χ1v) is 6.49. The van der Waals surface area contributed by atoms with Gasteiger partial charge in [-0.05, 0) is 38.5 Å². The Morgan fingerprint density at radius 2 is 1.91 bits per heavy atom. The summed E-state index contributed by atoms with van der Waals surface area (Å²) in [7, 11) is 0. The minimum absolute atomic E-state index is 0.109. The number of nitrogens with one attached hydrogen (secondary N) is 1. The molecule has 22 heavy (non-hydrogen) atoms. The summed E-state index contributed by atoms with van der Waals surface area (Å²) < 4.78 is 55.5. The molecular weight excluding hydrogens is 302 g/mol. The molecule has 0 spiro atoms. The molecule has 7 heteroatoms. The molecule has 0 radical (unpaired) electrons. The highest BCUT2D eigenvalue weighted by Crippen LogP contribution is 2.31. The zero-order valence-corrected chi connectivity index (χ0v) is 12.4. The fourth-order valence-electron chi connectivity index (χ4n) is 1.52. The number of alkyl carbamates (subject to hydrolysis) is 1. The van der Waals surface area contributed by atoms with Crippen molar-refractivity contribution >= 4 is 12.2 Å². The number of benzene rings is 1. The monoisotopic (exact) mass is 319 g/mol. The second kappa shape index (κ2) is 6.81. The van der Waals surface area contributed by atoms with Gasteiger partial charge in [0.05, 0.1) is 5.56 Å². The lowest BCUT2D eigenvalue weighted by Gasteiger charge is -2.19. The lowest BCUT2D eigenvalue weighted by atomic mass is 10.1. The lowest BCUT2D eigenvalue weighted by molar-refractivity contribution is -0.140. The largest absolute Gasteiger partial charge is 0.444 e. The number of ether oxygens (including phenoxy) is 1. The molecule has 1 amide bonds. The molecule has 0 atom stereocenters. The molecule has 0 heterocycles. The van der Waals surface area contributed by atoms with Crippen LogP contribution in [0.4, 0.5) is 22.4 Å². The quantitative estimate of drug-likeness (QED) is 0.840. The highest BCUT2D eigenvalue weighted by atomic mass is 19.4. The van der Waals surface area contributed by atoms with Gasteiger partial charge in [-0.3, -0.25) is 0 Å². The number of carbonyl (C=O) groups is 1. The molecule has 3 nitrogen and oxygen atoms in total. The highest BCUT2D eigenvalue weighted by molar-refractivity contribution is 5.68. The molecule has 0 aliphatic rings. The number of carbonyl (C=O) groups excluding carboxylic acids is 1. The van der Waals surface area contributed by atoms with Crippen molar-refractivity contribution in [2.75, 3.05) is 6.54 Å². The second-order valence-electron chi connectivity index (χ2n) is 5.52. The molecule has 0 aliphatic heterocycles. The molecule has 0 bridgehead atoms. The van der Waals surface area contributed by atoms with E-state index in [9.17, 15) is 22.4 Å². The van der Waals surface area contributed by atoms with E-state index in [-0.39, 0.29) is 12.1 Å². The summed E-state index contributed by atoms with van der Waals surface area (Å²) in [5.74, 6) is -1.34. The Morgan fingerprint density at radius 3 is 2.41 bits per heavy atom. The third-order valence-corrected chi connectivity index (χ3v) is 2.37. The van der Waals surface area contributed by atoms with Gasteiger partial charge in [0, 0.05) is 6.54 Å². The maximum atomic E-state index is 13.3. The number of halogens is 4. The molecule has 0 aliphatic carbocycles. The normalized spacial score (nSPS) is 12.5. The highest BCUT2D eigenvalue weighted by Gasteiger charge is 2.33. The number of alkyl halides is 3. The van der Waals surface area contributed by atoms with Crippen molar-refractivity contribution in [1.82, 2.24) is 5.32 Å². The van der Waals surface area contributed by atoms with Crippen molar-refractivity contribution in [3.05, 3.63) is 41.2 Å². The molecule has 1 aromatic carbocycles. The smallest absolute Gasteiger partial charge is 0.419 e. The zero-order chi connectivity index (χ0) is 17.0. The van der Waals surface area contributed by atoms with E-state index in [0.717, 1.165) is 12.1 Å². The molecule has 0 fully saturated rings. The predicted octanol–water partition coefficient (Wildman–Crippen LogP) is 4.38. The number of hydrogen-bond acceptors (Lipinski definition) is 2. The molecule has 0 unspecified atom stereocenters. The minimum atomic E-state index is -4.72. The van der Waals surface area contributed by atoms with Crippen molar-refractivity contribution in [3.63, 3.8) is 0 Å². The average Bonchev–Trinajstić information content (AvgIpc) is 2.31. The molecular formula is C15H17F4NO2. The topological polar surface area (TPSA) is 38.3 Å². The van der Waals surface area contributed by atoms with Crippen molar-refractivity contribution in [2.24, 2.45) is 0 Å². The van der Waals surface area contributed by atoms with Gasteiger partial charge in [0.25, 0.3) is 0 Å². The second-order valence-corrected chi connectivity index (χ2v) is 5.52. The van der Waals surface area contributed by atoms with E-state index in [4.69, 9.17) is 4.74 Å². The zero-order valence-electron chi connectivity index (χ0n) is 12.4. The van der Waals surface area contributed by atoms with Gasteiger partial charge in [-0.25, -0.2) is 9.18 Å². The van der Waals surface area contributed by atoms with E-state index in [1.807, 2.05) is 0 Å². The first kappa shape index (κ1) is 18.0. The number of hydrogen-bond donors (Lipinski definition) is 1. The van der Waals surface area contributed by atoms with Crippen LogP contribution in [-0.4, -0.2) is 18.2 Å². The van der Waals surface area contributed by atoms with Gasteiger partial charge < -0.3 is 10.1 Å². The molecule has 0 saturated heterocycles. The van der Waals surface area contributed by atoms with Crippen LogP contribution in [0.15, 0.2) is 24.3 Å². The van der Waals surface area contributed by atoms with Gasteiger partial charge in [0.1, 0.15) is 11.4 Å². The summed E-state index contributed by atoms with van der Waals surface area (Å²) in [5, 5.41) is 2.44. The van der Waals surface area contributed by atoms with E-state index in [0.29, 0.717) is 6.07 Å². The summed E-state index contributed by atoms with van der Waals surface area (Å²) in [5.41, 5.74) is -1.67. The summed E-state index contributed by atoms with van der Waals surface area (Å²) in [6.07, 6.45) is -2.45. The van der Waals surface area contributed by atoms with Crippen molar-refractivity contribution in [1.29, 1.82) is 0 Å². The van der Waals surface area contributed by atoms with E-state index in [1.165, 1.54) is 12.2 Å². The summed E-state index contributed by atoms with van der Waals surface area (Å²) in [6, 6.07) is 2.61. The lowest BCUT2D eigenvalue weighted by Crippen LogP contribution is -2.32. The van der Waals surface area contributed by atoms with Gasteiger partial charge in [0.2, 0.25) is 0 Å². The van der Waals surface area contributed by atoms with Gasteiger partial charge in [-0.2, -0.15) is 13.2 Å². The predicted molar refractivity (Wildman–Crippen MR) is 74.7 cm³/mol. The van der Waals surface area contributed by atoms with Crippen LogP contribution in [0.5, 0.6) is 0 Å². The van der Waals surface area contributed by atoms with E-state index in [1.54, 1.807) is 20.8 Å². The Morgan fingerprint density at radius 1 is 1.27 bits per heavy atom. The Kier molecular flexibility index (Phi) is 5.57. The third kappa shape index (κ3) is 6.15. The molecule has 1 N–H and O–H groups in total. The van der Waals surface area contributed by atoms with Crippen LogP contribution in [-0.2, 0) is 10.9 Å². The van der Waals surface area contributed by atoms with Gasteiger partial charge in [-0.15, -0.1) is 0 Å². The maximum absolute atomic E-state index is 13.3.